The van der Waals surface area contributed by atoms with Crippen molar-refractivity contribution in [3.8, 4) is 0 Å². The smallest absolute Gasteiger partial charge is 0.188 e. The van der Waals surface area contributed by atoms with Crippen LogP contribution in [0.4, 0.5) is 0 Å². The Morgan fingerprint density at radius 1 is 1.04 bits per heavy atom. The van der Waals surface area contributed by atoms with E-state index in [1.807, 2.05) is 0 Å². The number of aliphatic hydroxyl groups excluding tert-OH is 5. The number of carbonyl (C=O) groups is 2. The van der Waals surface area contributed by atoms with Gasteiger partial charge >= 0.3 is 0 Å². The molecule has 5 fully saturated rings. The highest BCUT2D eigenvalue weighted by atomic mass is 16.7. The lowest BCUT2D eigenvalue weighted by atomic mass is 9.53. The third kappa shape index (κ3) is 8.46. The molecule has 3 aliphatic carbocycles. The van der Waals surface area contributed by atoms with Crippen LogP contribution in [0.1, 0.15) is 64.2 Å². The SMILES string of the molecule is CN=C(N)NCC1C(CCCCO)CC2C(=O)C3CC(OC)CC(OC4OC(CO)C(O)(CCC5CCNC(N)C5)C(O)C4O)C3C(=O)C2C1O. The number of nitrogens with two attached hydrogens (primary N) is 2. The first-order valence-electron chi connectivity index (χ1n) is 18.7. The van der Waals surface area contributed by atoms with Gasteiger partial charge in [0.25, 0.3) is 0 Å². The number of hydrogen-bond acceptors (Lipinski definition) is 14. The number of unbranched alkanes of at least 4 members (excludes halogenated alkanes) is 1. The van der Waals surface area contributed by atoms with Crippen LogP contribution in [0.25, 0.3) is 0 Å². The van der Waals surface area contributed by atoms with Crippen LogP contribution in [0, 0.1) is 41.4 Å². The standard InChI is InChI=1S/C35H61N5O11/c1-38-34(37)40-15-22-18(5-3-4-10-41)12-20-27(29(22)44)30(45)26-21(28(20)43)13-19(49-2)14-23(26)50-33-31(46)32(47)35(48,24(16-42)51-33)8-6-17-7-9-39-25(36)11-17/h17-27,29,31-33,39,41-42,44,46-48H,3-16,36H2,1-2H3,(H3,37,38,40). The second-order valence-electron chi connectivity index (χ2n) is 15.5. The van der Waals surface area contributed by atoms with E-state index >= 15 is 0 Å². The van der Waals surface area contributed by atoms with Crippen LogP contribution in [0.3, 0.4) is 0 Å². The van der Waals surface area contributed by atoms with Gasteiger partial charge in [-0.05, 0) is 69.7 Å². The molecule has 292 valence electrons. The molecule has 16 nitrogen and oxygen atoms in total. The molecule has 2 saturated heterocycles. The summed E-state index contributed by atoms with van der Waals surface area (Å²) in [6, 6.07) is 0. The van der Waals surface area contributed by atoms with Crippen molar-refractivity contribution in [1.82, 2.24) is 10.6 Å². The molecular formula is C35H61N5O11. The molecule has 12 N–H and O–H groups in total. The van der Waals surface area contributed by atoms with Crippen molar-refractivity contribution in [2.45, 2.75) is 119 Å². The van der Waals surface area contributed by atoms with Gasteiger partial charge in [-0.3, -0.25) is 14.6 Å². The fraction of sp³-hybridized carbons (Fsp3) is 0.914. The zero-order chi connectivity index (χ0) is 37.0. The van der Waals surface area contributed by atoms with Crippen LogP contribution < -0.4 is 22.1 Å². The summed E-state index contributed by atoms with van der Waals surface area (Å²) in [6.45, 7) is 0.332. The van der Waals surface area contributed by atoms with E-state index in [0.717, 1.165) is 13.0 Å². The molecule has 2 aliphatic heterocycles. The van der Waals surface area contributed by atoms with Gasteiger partial charge in [0, 0.05) is 51.5 Å². The molecule has 2 heterocycles. The van der Waals surface area contributed by atoms with Gasteiger partial charge in [0.05, 0.1) is 42.9 Å². The Bertz CT molecular complexity index is 1210. The highest BCUT2D eigenvalue weighted by Crippen LogP contribution is 2.51. The maximum atomic E-state index is 14.6. The number of aliphatic imine (C=N–C) groups is 1. The van der Waals surface area contributed by atoms with Crippen molar-refractivity contribution in [1.29, 1.82) is 0 Å². The van der Waals surface area contributed by atoms with E-state index in [9.17, 15) is 40.2 Å². The number of nitrogens with one attached hydrogen (secondary N) is 2. The highest BCUT2D eigenvalue weighted by molar-refractivity contribution is 6.00. The number of ether oxygens (including phenoxy) is 3. The molecule has 16 atom stereocenters. The zero-order valence-corrected chi connectivity index (χ0v) is 29.9. The van der Waals surface area contributed by atoms with Gasteiger partial charge in [0.1, 0.15) is 35.5 Å². The Kier molecular flexibility index (Phi) is 13.9. The molecule has 0 aromatic rings. The monoisotopic (exact) mass is 727 g/mol. The van der Waals surface area contributed by atoms with Gasteiger partial charge in [-0.1, -0.05) is 6.42 Å². The zero-order valence-electron chi connectivity index (χ0n) is 29.9. The molecule has 0 bridgehead atoms. The first-order valence-corrected chi connectivity index (χ1v) is 18.7. The minimum atomic E-state index is -1.98. The van der Waals surface area contributed by atoms with Gasteiger partial charge in [0.2, 0.25) is 0 Å². The minimum absolute atomic E-state index is 0.0307. The van der Waals surface area contributed by atoms with E-state index in [0.29, 0.717) is 38.5 Å². The molecule has 0 radical (unpaired) electrons. The van der Waals surface area contributed by atoms with E-state index < -0.39 is 84.7 Å². The number of guanidine groups is 1. The summed E-state index contributed by atoms with van der Waals surface area (Å²) in [7, 11) is 3.05. The summed E-state index contributed by atoms with van der Waals surface area (Å²) in [4.78, 5) is 32.8. The second-order valence-corrected chi connectivity index (χ2v) is 15.5. The molecule has 3 saturated carbocycles. The molecule has 16 heteroatoms. The van der Waals surface area contributed by atoms with Crippen LogP contribution in [-0.2, 0) is 23.8 Å². The molecule has 0 spiro atoms. The number of rotatable bonds is 13. The van der Waals surface area contributed by atoms with Crippen LogP contribution in [-0.4, -0.2) is 143 Å². The van der Waals surface area contributed by atoms with Crippen molar-refractivity contribution < 1.29 is 54.4 Å². The summed E-state index contributed by atoms with van der Waals surface area (Å²) >= 11 is 0. The Morgan fingerprint density at radius 2 is 1.78 bits per heavy atom. The highest BCUT2D eigenvalue weighted by Gasteiger charge is 2.62. The van der Waals surface area contributed by atoms with Gasteiger partial charge in [-0.2, -0.15) is 0 Å². The van der Waals surface area contributed by atoms with Gasteiger partial charge in [-0.15, -0.1) is 0 Å². The predicted molar refractivity (Wildman–Crippen MR) is 184 cm³/mol. The van der Waals surface area contributed by atoms with E-state index in [1.54, 1.807) is 0 Å². The van der Waals surface area contributed by atoms with Gasteiger partial charge < -0.3 is 67.0 Å². The molecule has 0 aromatic carbocycles. The van der Waals surface area contributed by atoms with Crippen LogP contribution in [0.5, 0.6) is 0 Å². The fourth-order valence-corrected chi connectivity index (χ4v) is 9.75. The Labute approximate surface area is 299 Å². The van der Waals surface area contributed by atoms with Crippen molar-refractivity contribution in [3.05, 3.63) is 0 Å². The summed E-state index contributed by atoms with van der Waals surface area (Å²) in [6.07, 6.45) is -4.29. The molecule has 51 heavy (non-hydrogen) atoms. The molecule has 16 unspecified atom stereocenters. The maximum Gasteiger partial charge on any atom is 0.188 e. The Hall–Kier alpha value is -1.83. The predicted octanol–water partition coefficient (Wildman–Crippen LogP) is -2.27. The quantitative estimate of drug-likeness (QED) is 0.0544. The largest absolute Gasteiger partial charge is 0.396 e. The normalized spacial score (nSPS) is 44.9. The number of fused-ring (bicyclic) bond motifs is 2. The van der Waals surface area contributed by atoms with Crippen LogP contribution >= 0.6 is 0 Å². The second kappa shape index (κ2) is 17.5. The summed E-state index contributed by atoms with van der Waals surface area (Å²) in [5.41, 5.74) is 9.96. The summed E-state index contributed by atoms with van der Waals surface area (Å²) < 4.78 is 18.0. The Balaban J connectivity index is 1.35. The van der Waals surface area contributed by atoms with Gasteiger partial charge in [-0.25, -0.2) is 0 Å². The van der Waals surface area contributed by atoms with E-state index in [4.69, 9.17) is 25.7 Å². The molecule has 5 rings (SSSR count). The number of nitrogens with zero attached hydrogens (tertiary/aromatic N) is 1. The third-order valence-electron chi connectivity index (χ3n) is 12.7. The topological polar surface area (TPSA) is 272 Å². The first kappa shape index (κ1) is 40.4. The number of carbonyl (C=O) groups excluding carboxylic acids is 2. The lowest BCUT2D eigenvalue weighted by molar-refractivity contribution is -0.346. The van der Waals surface area contributed by atoms with Gasteiger partial charge in [0.15, 0.2) is 12.2 Å². The van der Waals surface area contributed by atoms with Crippen LogP contribution in [0.15, 0.2) is 4.99 Å². The van der Waals surface area contributed by atoms with E-state index in [1.165, 1.54) is 14.2 Å². The molecule has 5 aliphatic rings. The number of piperidine rings is 1. The van der Waals surface area contributed by atoms with Crippen LogP contribution in [0.2, 0.25) is 0 Å². The number of hydrogen-bond donors (Lipinski definition) is 10. The molecule has 0 aromatic heterocycles. The summed E-state index contributed by atoms with van der Waals surface area (Å²) in [5.74, 6) is -4.07. The number of ketones is 2. The van der Waals surface area contributed by atoms with E-state index in [2.05, 4.69) is 15.6 Å². The average molecular weight is 728 g/mol. The first-order chi connectivity index (χ1) is 24.4. The minimum Gasteiger partial charge on any atom is -0.396 e. The average Bonchev–Trinajstić information content (AvgIpc) is 3.12. The molecule has 0 amide bonds. The Morgan fingerprint density at radius 3 is 2.45 bits per heavy atom. The number of Topliss-reactive ketones (excluding diaryl/α,β-unsaturated/α-hetero) is 2. The van der Waals surface area contributed by atoms with E-state index in [-0.39, 0.29) is 67.9 Å². The lowest BCUT2D eigenvalue weighted by Crippen LogP contribution is -2.68. The third-order valence-corrected chi connectivity index (χ3v) is 12.7. The molecular weight excluding hydrogens is 666 g/mol. The maximum absolute atomic E-state index is 14.6. The van der Waals surface area contributed by atoms with Crippen molar-refractivity contribution >= 4 is 17.5 Å². The summed E-state index contributed by atoms with van der Waals surface area (Å²) in [5, 5.41) is 72.0. The number of aliphatic hydroxyl groups is 6. The van der Waals surface area contributed by atoms with Crippen molar-refractivity contribution in [2.24, 2.45) is 57.9 Å². The lowest BCUT2D eigenvalue weighted by Gasteiger charge is -2.53. The number of methoxy groups -OCH3 is 1. The van der Waals surface area contributed by atoms with Crippen molar-refractivity contribution in [2.75, 3.05) is 40.5 Å². The fourth-order valence-electron chi connectivity index (χ4n) is 9.75. The van der Waals surface area contributed by atoms with Crippen molar-refractivity contribution in [3.63, 3.8) is 0 Å².